The molecule has 1 saturated carbocycles. The second-order valence-electron chi connectivity index (χ2n) is 4.87. The van der Waals surface area contributed by atoms with Crippen LogP contribution in [0.15, 0.2) is 24.3 Å². The van der Waals surface area contributed by atoms with Crippen LogP contribution < -0.4 is 10.1 Å². The summed E-state index contributed by atoms with van der Waals surface area (Å²) < 4.78 is 5.12. The minimum absolute atomic E-state index is 0.249. The Kier molecular flexibility index (Phi) is 4.62. The van der Waals surface area contributed by atoms with Crippen LogP contribution in [0.5, 0.6) is 5.75 Å². The summed E-state index contributed by atoms with van der Waals surface area (Å²) in [4.78, 5) is 11.4. The van der Waals surface area contributed by atoms with Crippen LogP contribution in [-0.2, 0) is 11.2 Å². The molecule has 0 bridgehead atoms. The van der Waals surface area contributed by atoms with Crippen molar-refractivity contribution in [1.29, 1.82) is 0 Å². The van der Waals surface area contributed by atoms with Crippen molar-refractivity contribution >= 4 is 5.91 Å². The molecule has 1 aromatic carbocycles. The number of benzene rings is 1. The predicted octanol–water partition coefficient (Wildman–Crippen LogP) is 2.54. The number of carbonyl (C=O) groups excluding carboxylic acids is 1. The van der Waals surface area contributed by atoms with E-state index in [1.165, 1.54) is 5.56 Å². The van der Waals surface area contributed by atoms with Gasteiger partial charge in [0.05, 0.1) is 7.11 Å². The second-order valence-corrected chi connectivity index (χ2v) is 4.87. The summed E-state index contributed by atoms with van der Waals surface area (Å²) in [5, 5.41) is 2.99. The number of hydrogen-bond donors (Lipinski definition) is 1. The number of rotatable bonds is 7. The number of ether oxygens (including phenoxy) is 1. The van der Waals surface area contributed by atoms with Gasteiger partial charge in [0.1, 0.15) is 5.75 Å². The fourth-order valence-electron chi connectivity index (χ4n) is 1.95. The number of hydrogen-bond acceptors (Lipinski definition) is 2. The van der Waals surface area contributed by atoms with Gasteiger partial charge in [0.15, 0.2) is 0 Å². The Balaban J connectivity index is 1.57. The minimum atomic E-state index is 0.249. The fraction of sp³-hybridized carbons (Fsp3) is 0.533. The van der Waals surface area contributed by atoms with Gasteiger partial charge in [-0.05, 0) is 49.8 Å². The monoisotopic (exact) mass is 247 g/mol. The first-order valence-corrected chi connectivity index (χ1v) is 6.70. The summed E-state index contributed by atoms with van der Waals surface area (Å²) in [5.74, 6) is 1.47. The third-order valence-corrected chi connectivity index (χ3v) is 3.30. The highest BCUT2D eigenvalue weighted by Crippen LogP contribution is 2.28. The van der Waals surface area contributed by atoms with Gasteiger partial charge >= 0.3 is 0 Å². The molecule has 2 rings (SSSR count). The van der Waals surface area contributed by atoms with E-state index in [0.717, 1.165) is 44.4 Å². The van der Waals surface area contributed by atoms with E-state index in [0.29, 0.717) is 5.92 Å². The summed E-state index contributed by atoms with van der Waals surface area (Å²) in [7, 11) is 1.68. The highest BCUT2D eigenvalue weighted by molar-refractivity contribution is 5.80. The van der Waals surface area contributed by atoms with Crippen molar-refractivity contribution in [3.63, 3.8) is 0 Å². The molecule has 1 aromatic rings. The average molecular weight is 247 g/mol. The molecule has 1 aliphatic carbocycles. The van der Waals surface area contributed by atoms with Crippen molar-refractivity contribution in [3.05, 3.63) is 29.8 Å². The fourth-order valence-corrected chi connectivity index (χ4v) is 1.95. The van der Waals surface area contributed by atoms with Crippen LogP contribution in [0.2, 0.25) is 0 Å². The predicted molar refractivity (Wildman–Crippen MR) is 71.7 cm³/mol. The van der Waals surface area contributed by atoms with Gasteiger partial charge in [-0.3, -0.25) is 4.79 Å². The summed E-state index contributed by atoms with van der Waals surface area (Å²) in [6.45, 7) is 0.811. The third-order valence-electron chi connectivity index (χ3n) is 3.30. The van der Waals surface area contributed by atoms with Gasteiger partial charge in [-0.1, -0.05) is 12.1 Å². The van der Waals surface area contributed by atoms with Gasteiger partial charge in [-0.15, -0.1) is 0 Å². The maximum atomic E-state index is 11.4. The van der Waals surface area contributed by atoms with E-state index in [1.54, 1.807) is 7.11 Å². The molecule has 1 amide bonds. The maximum absolute atomic E-state index is 11.4. The van der Waals surface area contributed by atoms with Gasteiger partial charge in [0.25, 0.3) is 0 Å². The molecule has 18 heavy (non-hydrogen) atoms. The molecule has 3 nitrogen and oxygen atoms in total. The van der Waals surface area contributed by atoms with Crippen LogP contribution in [0, 0.1) is 5.92 Å². The van der Waals surface area contributed by atoms with Crippen LogP contribution in [-0.4, -0.2) is 19.6 Å². The van der Waals surface area contributed by atoms with Gasteiger partial charge < -0.3 is 10.1 Å². The number of amides is 1. The lowest BCUT2D eigenvalue weighted by molar-refractivity contribution is -0.122. The van der Waals surface area contributed by atoms with E-state index < -0.39 is 0 Å². The van der Waals surface area contributed by atoms with E-state index in [4.69, 9.17) is 4.74 Å². The first kappa shape index (κ1) is 12.9. The van der Waals surface area contributed by atoms with Crippen molar-refractivity contribution in [1.82, 2.24) is 5.32 Å². The Morgan fingerprint density at radius 1 is 1.28 bits per heavy atom. The van der Waals surface area contributed by atoms with Gasteiger partial charge in [0.2, 0.25) is 5.91 Å². The molecular formula is C15H21NO2. The molecule has 0 saturated heterocycles. The smallest absolute Gasteiger partial charge is 0.223 e. The Hall–Kier alpha value is -1.51. The van der Waals surface area contributed by atoms with Crippen molar-refractivity contribution in [2.24, 2.45) is 5.92 Å². The van der Waals surface area contributed by atoms with Crippen LogP contribution in [0.1, 0.15) is 31.2 Å². The van der Waals surface area contributed by atoms with Crippen LogP contribution in [0.4, 0.5) is 0 Å². The topological polar surface area (TPSA) is 38.3 Å². The number of nitrogens with one attached hydrogen (secondary N) is 1. The number of unbranched alkanes of at least 4 members (excludes halogenated alkanes) is 1. The van der Waals surface area contributed by atoms with E-state index >= 15 is 0 Å². The van der Waals surface area contributed by atoms with Crippen LogP contribution in [0.3, 0.4) is 0 Å². The molecule has 98 valence electrons. The molecule has 1 fully saturated rings. The molecule has 0 aromatic heterocycles. The second kappa shape index (κ2) is 6.43. The third kappa shape index (κ3) is 4.06. The van der Waals surface area contributed by atoms with Gasteiger partial charge in [-0.25, -0.2) is 0 Å². The largest absolute Gasteiger partial charge is 0.497 e. The number of aryl methyl sites for hydroxylation is 1. The highest BCUT2D eigenvalue weighted by atomic mass is 16.5. The zero-order valence-electron chi connectivity index (χ0n) is 10.9. The summed E-state index contributed by atoms with van der Waals surface area (Å²) in [6.07, 6.45) is 5.38. The number of carbonyl (C=O) groups is 1. The van der Waals surface area contributed by atoms with E-state index in [9.17, 15) is 4.79 Å². The normalized spacial score (nSPS) is 14.3. The van der Waals surface area contributed by atoms with Crippen molar-refractivity contribution < 1.29 is 9.53 Å². The Bertz CT molecular complexity index is 382. The Morgan fingerprint density at radius 3 is 2.61 bits per heavy atom. The average Bonchev–Trinajstić information content (AvgIpc) is 3.23. The molecule has 0 radical (unpaired) electrons. The van der Waals surface area contributed by atoms with Crippen LogP contribution >= 0.6 is 0 Å². The van der Waals surface area contributed by atoms with Crippen molar-refractivity contribution in [2.45, 2.75) is 32.1 Å². The Labute approximate surface area is 109 Å². The molecule has 0 aliphatic heterocycles. The van der Waals surface area contributed by atoms with Gasteiger partial charge in [0, 0.05) is 12.5 Å². The van der Waals surface area contributed by atoms with E-state index in [-0.39, 0.29) is 5.91 Å². The summed E-state index contributed by atoms with van der Waals surface area (Å²) >= 11 is 0. The van der Waals surface area contributed by atoms with Crippen molar-refractivity contribution in [2.75, 3.05) is 13.7 Å². The zero-order valence-corrected chi connectivity index (χ0v) is 10.9. The van der Waals surface area contributed by atoms with Crippen molar-refractivity contribution in [3.8, 4) is 5.75 Å². The molecule has 1 aliphatic rings. The lowest BCUT2D eigenvalue weighted by atomic mass is 10.1. The van der Waals surface area contributed by atoms with Gasteiger partial charge in [-0.2, -0.15) is 0 Å². The lowest BCUT2D eigenvalue weighted by Gasteiger charge is -2.05. The van der Waals surface area contributed by atoms with Crippen LogP contribution in [0.25, 0.3) is 0 Å². The molecule has 0 unspecified atom stereocenters. The maximum Gasteiger partial charge on any atom is 0.223 e. The first-order chi connectivity index (χ1) is 8.79. The minimum Gasteiger partial charge on any atom is -0.497 e. The molecule has 0 spiro atoms. The van der Waals surface area contributed by atoms with E-state index in [2.05, 4.69) is 17.4 Å². The number of methoxy groups -OCH3 is 1. The first-order valence-electron chi connectivity index (χ1n) is 6.70. The molecule has 0 heterocycles. The summed E-state index contributed by atoms with van der Waals surface area (Å²) in [6, 6.07) is 8.18. The Morgan fingerprint density at radius 2 is 2.00 bits per heavy atom. The van der Waals surface area contributed by atoms with E-state index in [1.807, 2.05) is 12.1 Å². The summed E-state index contributed by atoms with van der Waals surface area (Å²) in [5.41, 5.74) is 1.32. The molecule has 1 N–H and O–H groups in total. The highest BCUT2D eigenvalue weighted by Gasteiger charge is 2.28. The zero-order chi connectivity index (χ0) is 12.8. The molecule has 3 heteroatoms. The quantitative estimate of drug-likeness (QED) is 0.752. The molecular weight excluding hydrogens is 226 g/mol. The SMILES string of the molecule is COc1ccc(CCCCNC(=O)C2CC2)cc1. The standard InChI is InChI=1S/C15H21NO2/c1-18-14-9-5-12(6-10-14)4-2-3-11-16-15(17)13-7-8-13/h5-6,9-10,13H,2-4,7-8,11H2,1H3,(H,16,17). The lowest BCUT2D eigenvalue weighted by Crippen LogP contribution is -2.25. The molecule has 0 atom stereocenters.